The molecule has 0 saturated heterocycles. The van der Waals surface area contributed by atoms with Crippen LogP contribution >= 0.6 is 11.3 Å². The first-order valence-corrected chi connectivity index (χ1v) is 7.45. The van der Waals surface area contributed by atoms with E-state index in [4.69, 9.17) is 5.11 Å². The molecule has 0 atom stereocenters. The van der Waals surface area contributed by atoms with E-state index < -0.39 is 11.6 Å². The molecule has 0 bridgehead atoms. The average Bonchev–Trinajstić information content (AvgIpc) is 2.86. The van der Waals surface area contributed by atoms with Gasteiger partial charge in [-0.05, 0) is 38.4 Å². The molecule has 0 aliphatic heterocycles. The lowest BCUT2D eigenvalue weighted by atomic mass is 10.0. The largest absolute Gasteiger partial charge is 0.477 e. The molecule has 0 amide bonds. The Kier molecular flexibility index (Phi) is 4.28. The van der Waals surface area contributed by atoms with Crippen LogP contribution in [-0.4, -0.2) is 40.3 Å². The summed E-state index contributed by atoms with van der Waals surface area (Å²) in [6.45, 7) is 3.30. The van der Waals surface area contributed by atoms with Gasteiger partial charge in [0.15, 0.2) is 0 Å². The van der Waals surface area contributed by atoms with Crippen molar-refractivity contribution in [3.63, 3.8) is 0 Å². The van der Waals surface area contributed by atoms with Gasteiger partial charge < -0.3 is 10.2 Å². The number of hydrogen-bond acceptors (Lipinski definition) is 4. The van der Waals surface area contributed by atoms with E-state index in [9.17, 15) is 9.90 Å². The van der Waals surface area contributed by atoms with E-state index in [0.717, 1.165) is 36.1 Å². The molecular weight excluding hydrogens is 262 g/mol. The maximum absolute atomic E-state index is 10.9. The molecule has 1 aromatic rings. The van der Waals surface area contributed by atoms with E-state index in [-0.39, 0.29) is 0 Å². The van der Waals surface area contributed by atoms with E-state index in [1.165, 1.54) is 11.3 Å². The number of carbonyl (C=O) groups is 1. The fourth-order valence-corrected chi connectivity index (χ4v) is 3.70. The van der Waals surface area contributed by atoms with Crippen molar-refractivity contribution in [3.8, 4) is 0 Å². The van der Waals surface area contributed by atoms with Crippen LogP contribution in [0.15, 0.2) is 6.07 Å². The minimum atomic E-state index is -0.864. The maximum Gasteiger partial charge on any atom is 0.345 e. The minimum Gasteiger partial charge on any atom is -0.477 e. The Morgan fingerprint density at radius 1 is 1.47 bits per heavy atom. The lowest BCUT2D eigenvalue weighted by Crippen LogP contribution is -2.38. The second-order valence-corrected chi connectivity index (χ2v) is 6.86. The fraction of sp³-hybridized carbons (Fsp3) is 0.643. The summed E-state index contributed by atoms with van der Waals surface area (Å²) >= 11 is 1.32. The first-order chi connectivity index (χ1) is 8.89. The van der Waals surface area contributed by atoms with E-state index >= 15 is 0 Å². The summed E-state index contributed by atoms with van der Waals surface area (Å²) in [6, 6.07) is 1.75. The molecule has 19 heavy (non-hydrogen) atoms. The third-order valence-electron chi connectivity index (χ3n) is 3.77. The Morgan fingerprint density at radius 3 is 2.63 bits per heavy atom. The van der Waals surface area contributed by atoms with Gasteiger partial charge in [-0.1, -0.05) is 12.8 Å². The Labute approximate surface area is 117 Å². The van der Waals surface area contributed by atoms with Crippen LogP contribution in [0.3, 0.4) is 0 Å². The predicted molar refractivity (Wildman–Crippen MR) is 75.8 cm³/mol. The molecule has 0 aromatic carbocycles. The third kappa shape index (κ3) is 3.55. The smallest absolute Gasteiger partial charge is 0.345 e. The summed E-state index contributed by atoms with van der Waals surface area (Å²) in [6.07, 6.45) is 3.95. The van der Waals surface area contributed by atoms with Crippen LogP contribution in [0.1, 0.15) is 45.8 Å². The molecule has 1 heterocycles. The standard InChI is InChI=1S/C14H21NO3S/c1-10-11(7-12(19-10)13(16)17)8-15(2)9-14(18)5-3-4-6-14/h7,18H,3-6,8-9H2,1-2H3,(H,16,17). The average molecular weight is 283 g/mol. The van der Waals surface area contributed by atoms with Crippen molar-refractivity contribution in [3.05, 3.63) is 21.4 Å². The number of carboxylic acid groups (broad SMARTS) is 1. The van der Waals surface area contributed by atoms with Crippen LogP contribution in [0.4, 0.5) is 0 Å². The zero-order valence-corrected chi connectivity index (χ0v) is 12.3. The molecule has 1 aliphatic carbocycles. The van der Waals surface area contributed by atoms with Crippen LogP contribution < -0.4 is 0 Å². The van der Waals surface area contributed by atoms with Crippen LogP contribution in [-0.2, 0) is 6.54 Å². The second kappa shape index (κ2) is 5.61. The van der Waals surface area contributed by atoms with Crippen LogP contribution in [0.2, 0.25) is 0 Å². The molecule has 1 aromatic heterocycles. The Hall–Kier alpha value is -0.910. The van der Waals surface area contributed by atoms with Crippen molar-refractivity contribution in [2.75, 3.05) is 13.6 Å². The van der Waals surface area contributed by atoms with Gasteiger partial charge in [0, 0.05) is 18.0 Å². The topological polar surface area (TPSA) is 60.8 Å². The van der Waals surface area contributed by atoms with Gasteiger partial charge in [0.25, 0.3) is 0 Å². The number of hydrogen-bond donors (Lipinski definition) is 2. The van der Waals surface area contributed by atoms with E-state index in [0.29, 0.717) is 18.0 Å². The third-order valence-corrected chi connectivity index (χ3v) is 4.85. The number of aromatic carboxylic acids is 1. The van der Waals surface area contributed by atoms with Gasteiger partial charge in [0.1, 0.15) is 4.88 Å². The molecule has 1 fully saturated rings. The Morgan fingerprint density at radius 2 is 2.11 bits per heavy atom. The van der Waals surface area contributed by atoms with Crippen molar-refractivity contribution in [2.45, 2.75) is 44.8 Å². The monoisotopic (exact) mass is 283 g/mol. The molecule has 4 nitrogen and oxygen atoms in total. The highest BCUT2D eigenvalue weighted by atomic mass is 32.1. The lowest BCUT2D eigenvalue weighted by molar-refractivity contribution is 0.0145. The summed E-state index contributed by atoms with van der Waals surface area (Å²) in [7, 11) is 1.98. The summed E-state index contributed by atoms with van der Waals surface area (Å²) in [4.78, 5) is 14.5. The number of likely N-dealkylation sites (N-methyl/N-ethyl adjacent to an activating group) is 1. The zero-order valence-electron chi connectivity index (χ0n) is 11.5. The SMILES string of the molecule is Cc1sc(C(=O)O)cc1CN(C)CC1(O)CCCC1. The molecular formula is C14H21NO3S. The fourth-order valence-electron chi connectivity index (χ4n) is 2.82. The van der Waals surface area contributed by atoms with Crippen molar-refractivity contribution in [1.82, 2.24) is 4.90 Å². The number of aryl methyl sites for hydroxylation is 1. The van der Waals surface area contributed by atoms with E-state index in [1.54, 1.807) is 6.07 Å². The minimum absolute atomic E-state index is 0.389. The van der Waals surface area contributed by atoms with Crippen molar-refractivity contribution < 1.29 is 15.0 Å². The number of rotatable bonds is 5. The van der Waals surface area contributed by atoms with Crippen LogP contribution in [0.5, 0.6) is 0 Å². The van der Waals surface area contributed by atoms with Gasteiger partial charge in [-0.2, -0.15) is 0 Å². The Balaban J connectivity index is 1.98. The maximum atomic E-state index is 10.9. The Bertz CT molecular complexity index is 463. The molecule has 2 N–H and O–H groups in total. The molecule has 106 valence electrons. The predicted octanol–water partition coefficient (Wildman–Crippen LogP) is 2.49. The zero-order chi connectivity index (χ0) is 14.0. The number of nitrogens with zero attached hydrogens (tertiary/aromatic N) is 1. The summed E-state index contributed by atoms with van der Waals surface area (Å²) in [5, 5.41) is 19.4. The van der Waals surface area contributed by atoms with Gasteiger partial charge in [0.05, 0.1) is 5.60 Å². The van der Waals surface area contributed by atoms with Gasteiger partial charge in [0.2, 0.25) is 0 Å². The normalized spacial score (nSPS) is 18.1. The number of thiophene rings is 1. The summed E-state index contributed by atoms with van der Waals surface area (Å²) in [5.41, 5.74) is 0.500. The van der Waals surface area contributed by atoms with Gasteiger partial charge in [-0.15, -0.1) is 11.3 Å². The van der Waals surface area contributed by atoms with Crippen molar-refractivity contribution in [1.29, 1.82) is 0 Å². The second-order valence-electron chi connectivity index (χ2n) is 5.60. The number of aliphatic hydroxyl groups is 1. The molecule has 1 aliphatic rings. The van der Waals surface area contributed by atoms with Crippen molar-refractivity contribution in [2.24, 2.45) is 0 Å². The molecule has 0 radical (unpaired) electrons. The van der Waals surface area contributed by atoms with Gasteiger partial charge in [-0.25, -0.2) is 4.79 Å². The highest BCUT2D eigenvalue weighted by Gasteiger charge is 2.32. The lowest BCUT2D eigenvalue weighted by Gasteiger charge is -2.28. The first-order valence-electron chi connectivity index (χ1n) is 6.63. The van der Waals surface area contributed by atoms with E-state index in [1.807, 2.05) is 14.0 Å². The molecule has 1 saturated carbocycles. The van der Waals surface area contributed by atoms with Gasteiger partial charge in [-0.3, -0.25) is 4.90 Å². The highest BCUT2D eigenvalue weighted by Crippen LogP contribution is 2.30. The van der Waals surface area contributed by atoms with Gasteiger partial charge >= 0.3 is 5.97 Å². The molecule has 2 rings (SSSR count). The molecule has 0 spiro atoms. The van der Waals surface area contributed by atoms with Crippen LogP contribution in [0.25, 0.3) is 0 Å². The number of carboxylic acids is 1. The summed E-state index contributed by atoms with van der Waals surface area (Å²) in [5.74, 6) is -0.864. The van der Waals surface area contributed by atoms with Crippen LogP contribution in [0, 0.1) is 6.92 Å². The highest BCUT2D eigenvalue weighted by molar-refractivity contribution is 7.14. The molecule has 0 unspecified atom stereocenters. The molecule has 5 heteroatoms. The first kappa shape index (κ1) is 14.5. The quantitative estimate of drug-likeness (QED) is 0.871. The van der Waals surface area contributed by atoms with Crippen molar-refractivity contribution >= 4 is 17.3 Å². The summed E-state index contributed by atoms with van der Waals surface area (Å²) < 4.78 is 0. The van der Waals surface area contributed by atoms with E-state index in [2.05, 4.69) is 4.90 Å².